The number of rotatable bonds is 3. The quantitative estimate of drug-likeness (QED) is 0.234. The van der Waals surface area contributed by atoms with Gasteiger partial charge in [-0.2, -0.15) is 0 Å². The summed E-state index contributed by atoms with van der Waals surface area (Å²) in [6.07, 6.45) is 1.35. The van der Waals surface area contributed by atoms with E-state index in [4.69, 9.17) is 39.9 Å². The van der Waals surface area contributed by atoms with Gasteiger partial charge in [0, 0.05) is 5.54 Å². The fourth-order valence-electron chi connectivity index (χ4n) is 0.591. The lowest BCUT2D eigenvalue weighted by molar-refractivity contribution is -0.127. The second-order valence-corrected chi connectivity index (χ2v) is 5.22. The van der Waals surface area contributed by atoms with Crippen molar-refractivity contribution in [2.24, 2.45) is 0 Å². The van der Waals surface area contributed by atoms with Gasteiger partial charge >= 0.3 is 10.5 Å². The minimum absolute atomic E-state index is 0.0247. The van der Waals surface area contributed by atoms with Crippen molar-refractivity contribution in [3.8, 4) is 0 Å². The molecule has 5 nitrogen and oxygen atoms in total. The van der Waals surface area contributed by atoms with E-state index in [0.29, 0.717) is 18.8 Å². The van der Waals surface area contributed by atoms with Crippen LogP contribution < -0.4 is 0 Å². The molecule has 0 aromatic heterocycles. The summed E-state index contributed by atoms with van der Waals surface area (Å²) >= 11 is 23.8. The van der Waals surface area contributed by atoms with Gasteiger partial charge in [-0.15, -0.1) is 0 Å². The Bertz CT molecular complexity index is 551. The number of hydrogen-bond donors (Lipinski definition) is 1. The first-order chi connectivity index (χ1) is 11.7. The molecule has 0 amide bonds. The molecule has 0 aliphatic heterocycles. The van der Waals surface area contributed by atoms with Crippen molar-refractivity contribution in [2.45, 2.75) is 6.92 Å². The van der Waals surface area contributed by atoms with Crippen molar-refractivity contribution in [3.63, 3.8) is 0 Å². The number of aliphatic hydroxyl groups excluding tert-OH is 1. The lowest BCUT2D eigenvalue weighted by Crippen LogP contribution is -1.94. The van der Waals surface area contributed by atoms with Crippen molar-refractivity contribution in [1.29, 1.82) is 0 Å². The molecule has 0 aliphatic rings. The molecule has 0 aliphatic carbocycles. The highest BCUT2D eigenvalue weighted by Crippen LogP contribution is 1.95. The Kier molecular flexibility index (Phi) is 23.5. The standard InChI is InChI=1S/C7H8.C3H2Cl2O.C3H3ClO2.C2Cl2O2/c1-7-5-3-2-4-6-7;4-1-3(5)2-6;4-3(1-5)2-6;3-1(5)2(4)6/h2-6H,1H3;1-2H;1-2,5H;/b;3-1-;3-1+;. The molecule has 0 spiro atoms. The summed E-state index contributed by atoms with van der Waals surface area (Å²) in [4.78, 5) is 37.7. The van der Waals surface area contributed by atoms with Crippen LogP contribution in [0.15, 0.2) is 52.2 Å². The number of aldehydes is 2. The van der Waals surface area contributed by atoms with Gasteiger partial charge in [0.2, 0.25) is 0 Å². The molecule has 0 unspecified atom stereocenters. The van der Waals surface area contributed by atoms with E-state index < -0.39 is 10.5 Å². The second-order valence-electron chi connectivity index (χ2n) is 3.45. The monoisotopic (exact) mass is 448 g/mol. The molecule has 0 saturated heterocycles. The van der Waals surface area contributed by atoms with Crippen molar-refractivity contribution in [3.05, 3.63) is 57.8 Å². The number of halogens is 5. The van der Waals surface area contributed by atoms with E-state index in [9.17, 15) is 19.2 Å². The summed E-state index contributed by atoms with van der Waals surface area (Å²) in [6, 6.07) is 10.3. The van der Waals surface area contributed by atoms with Crippen LogP contribution in [0, 0.1) is 6.92 Å². The number of aryl methyl sites for hydroxylation is 1. The average Bonchev–Trinajstić information content (AvgIpc) is 2.62. The molecule has 1 rings (SSSR count). The Morgan fingerprint density at radius 1 is 0.880 bits per heavy atom. The lowest BCUT2D eigenvalue weighted by Gasteiger charge is -1.82. The van der Waals surface area contributed by atoms with Gasteiger partial charge in [-0.3, -0.25) is 19.2 Å². The minimum Gasteiger partial charge on any atom is -0.514 e. The van der Waals surface area contributed by atoms with Crippen LogP contribution in [0.2, 0.25) is 0 Å². The Hall–Kier alpha value is -1.37. The van der Waals surface area contributed by atoms with Crippen LogP contribution in [0.25, 0.3) is 0 Å². The maximum atomic E-state index is 9.45. The van der Waals surface area contributed by atoms with Gasteiger partial charge in [0.25, 0.3) is 0 Å². The van der Waals surface area contributed by atoms with Gasteiger partial charge in [-0.05, 0) is 30.1 Å². The SMILES string of the molecule is Cc1ccccc1.O=C(Cl)C(=O)Cl.O=C/C(Cl)=C/Cl.O=C/C(Cl)=C\O. The molecule has 1 aromatic carbocycles. The van der Waals surface area contributed by atoms with Crippen molar-refractivity contribution >= 4 is 81.1 Å². The summed E-state index contributed by atoms with van der Waals surface area (Å²) < 4.78 is 0. The fraction of sp³-hybridized carbons (Fsp3) is 0.0667. The maximum absolute atomic E-state index is 9.45. The summed E-state index contributed by atoms with van der Waals surface area (Å²) in [5.74, 6) is 0. The Morgan fingerprint density at radius 2 is 1.28 bits per heavy atom. The first-order valence-corrected chi connectivity index (χ1v) is 7.88. The third-order valence-electron chi connectivity index (χ3n) is 1.55. The highest BCUT2D eigenvalue weighted by atomic mass is 35.5. The van der Waals surface area contributed by atoms with E-state index in [0.717, 1.165) is 5.54 Å². The molecule has 10 heteroatoms. The van der Waals surface area contributed by atoms with E-state index in [1.54, 1.807) is 0 Å². The normalized spacial score (nSPS) is 9.68. The topological polar surface area (TPSA) is 88.5 Å². The summed E-state index contributed by atoms with van der Waals surface area (Å²) in [6.45, 7) is 2.08. The number of carbonyl (C=O) groups is 4. The summed E-state index contributed by atoms with van der Waals surface area (Å²) in [5, 5.41) is 5.37. The van der Waals surface area contributed by atoms with Gasteiger partial charge in [-0.25, -0.2) is 0 Å². The average molecular weight is 451 g/mol. The van der Waals surface area contributed by atoms with Crippen LogP contribution >= 0.6 is 58.0 Å². The third kappa shape index (κ3) is 27.7. The van der Waals surface area contributed by atoms with Crippen LogP contribution in [0.4, 0.5) is 0 Å². The van der Waals surface area contributed by atoms with Crippen molar-refractivity contribution in [2.75, 3.05) is 0 Å². The smallest absolute Gasteiger partial charge is 0.304 e. The largest absolute Gasteiger partial charge is 0.514 e. The number of aliphatic hydroxyl groups is 1. The molecule has 0 atom stereocenters. The summed E-state index contributed by atoms with van der Waals surface area (Å²) in [7, 11) is 0. The molecule has 0 saturated carbocycles. The van der Waals surface area contributed by atoms with Gasteiger partial charge in [0.1, 0.15) is 11.3 Å². The van der Waals surface area contributed by atoms with Crippen molar-refractivity contribution < 1.29 is 24.3 Å². The molecule has 138 valence electrons. The minimum atomic E-state index is -1.14. The molecule has 0 fully saturated rings. The highest BCUT2D eigenvalue weighted by Gasteiger charge is 2.01. The van der Waals surface area contributed by atoms with Crippen LogP contribution in [-0.4, -0.2) is 28.2 Å². The van der Waals surface area contributed by atoms with Crippen LogP contribution in [-0.2, 0) is 19.2 Å². The maximum Gasteiger partial charge on any atom is 0.304 e. The fourth-order valence-corrected chi connectivity index (χ4v) is 0.642. The van der Waals surface area contributed by atoms with E-state index in [2.05, 4.69) is 42.3 Å². The molecule has 1 N–H and O–H groups in total. The predicted octanol–water partition coefficient (Wildman–Crippen LogP) is 4.84. The van der Waals surface area contributed by atoms with E-state index >= 15 is 0 Å². The first-order valence-electron chi connectivity index (χ1n) is 5.93. The van der Waals surface area contributed by atoms with E-state index in [-0.39, 0.29) is 10.1 Å². The molecule has 1 aromatic rings. The zero-order chi connectivity index (χ0) is 20.3. The Morgan fingerprint density at radius 3 is 1.36 bits per heavy atom. The first kappa shape index (κ1) is 28.4. The zero-order valence-electron chi connectivity index (χ0n) is 12.7. The van der Waals surface area contributed by atoms with Crippen LogP contribution in [0.5, 0.6) is 0 Å². The predicted molar refractivity (Wildman–Crippen MR) is 101 cm³/mol. The third-order valence-corrected chi connectivity index (χ3v) is 2.72. The molecular weight excluding hydrogens is 437 g/mol. The van der Waals surface area contributed by atoms with Crippen molar-refractivity contribution in [1.82, 2.24) is 0 Å². The summed E-state index contributed by atoms with van der Waals surface area (Å²) in [5.41, 5.74) is 2.33. The van der Waals surface area contributed by atoms with E-state index in [1.807, 2.05) is 18.2 Å². The molecule has 0 heterocycles. The zero-order valence-corrected chi connectivity index (χ0v) is 16.4. The van der Waals surface area contributed by atoms with Crippen LogP contribution in [0.1, 0.15) is 5.56 Å². The van der Waals surface area contributed by atoms with Gasteiger partial charge in [-0.1, -0.05) is 70.7 Å². The number of benzene rings is 1. The van der Waals surface area contributed by atoms with Gasteiger partial charge < -0.3 is 5.11 Å². The second kappa shape index (κ2) is 20.7. The Labute approximate surface area is 169 Å². The molecule has 0 radical (unpaired) electrons. The molecule has 0 bridgehead atoms. The number of hydrogen-bond acceptors (Lipinski definition) is 5. The highest BCUT2D eigenvalue weighted by molar-refractivity contribution is 6.97. The Balaban J connectivity index is -0.000000259. The van der Waals surface area contributed by atoms with E-state index in [1.165, 1.54) is 5.56 Å². The number of allylic oxidation sites excluding steroid dienone is 2. The molecule has 25 heavy (non-hydrogen) atoms. The lowest BCUT2D eigenvalue weighted by atomic mass is 10.2. The van der Waals surface area contributed by atoms with Gasteiger partial charge in [0.05, 0.1) is 5.03 Å². The van der Waals surface area contributed by atoms with Crippen LogP contribution in [0.3, 0.4) is 0 Å². The number of carbonyl (C=O) groups excluding carboxylic acids is 4. The van der Waals surface area contributed by atoms with Gasteiger partial charge in [0.15, 0.2) is 12.6 Å². The molecular formula is C15H13Cl5O5.